The molecule has 1 aromatic heterocycles. The van der Waals surface area contributed by atoms with Gasteiger partial charge in [0.1, 0.15) is 0 Å². The second kappa shape index (κ2) is 10.1. The minimum atomic E-state index is -0.117. The van der Waals surface area contributed by atoms with E-state index in [0.29, 0.717) is 13.2 Å². The fraction of sp³-hybridized carbons (Fsp3) is 0.769. The van der Waals surface area contributed by atoms with Gasteiger partial charge in [0.2, 0.25) is 0 Å². The largest absolute Gasteiger partial charge is 0.352 e. The molecule has 1 aromatic rings. The summed E-state index contributed by atoms with van der Waals surface area (Å²) in [6.45, 7) is 8.12. The molecule has 0 aromatic carbocycles. The number of aromatic nitrogens is 2. The van der Waals surface area contributed by atoms with Crippen LogP contribution in [0.1, 0.15) is 26.7 Å². The third kappa shape index (κ3) is 6.74. The SMILES string of the molecule is CCOC(CNCCCCn1ccnc1)OCC. The van der Waals surface area contributed by atoms with Crippen LogP contribution in [0.25, 0.3) is 0 Å². The summed E-state index contributed by atoms with van der Waals surface area (Å²) in [7, 11) is 0. The van der Waals surface area contributed by atoms with Crippen molar-refractivity contribution in [2.45, 2.75) is 39.5 Å². The maximum absolute atomic E-state index is 5.45. The fourth-order valence-electron chi connectivity index (χ4n) is 1.72. The van der Waals surface area contributed by atoms with Crippen molar-refractivity contribution in [2.75, 3.05) is 26.3 Å². The number of ether oxygens (including phenoxy) is 2. The number of hydrogen-bond acceptors (Lipinski definition) is 4. The number of hydrogen-bond donors (Lipinski definition) is 1. The lowest BCUT2D eigenvalue weighted by Crippen LogP contribution is -2.32. The predicted molar refractivity (Wildman–Crippen MR) is 71.4 cm³/mol. The molecule has 0 saturated carbocycles. The fourth-order valence-corrected chi connectivity index (χ4v) is 1.72. The van der Waals surface area contributed by atoms with Gasteiger partial charge in [0.15, 0.2) is 6.29 Å². The van der Waals surface area contributed by atoms with Crippen LogP contribution >= 0.6 is 0 Å². The van der Waals surface area contributed by atoms with Crippen LogP contribution in [0.15, 0.2) is 18.7 Å². The Kier molecular flexibility index (Phi) is 8.46. The molecule has 0 radical (unpaired) electrons. The van der Waals surface area contributed by atoms with E-state index in [9.17, 15) is 0 Å². The van der Waals surface area contributed by atoms with Crippen molar-refractivity contribution in [1.82, 2.24) is 14.9 Å². The van der Waals surface area contributed by atoms with Crippen molar-refractivity contribution in [3.63, 3.8) is 0 Å². The summed E-state index contributed by atoms with van der Waals surface area (Å²) < 4.78 is 13.0. The highest BCUT2D eigenvalue weighted by molar-refractivity contribution is 4.73. The first-order valence-electron chi connectivity index (χ1n) is 6.76. The van der Waals surface area contributed by atoms with Crippen LogP contribution in [0.4, 0.5) is 0 Å². The monoisotopic (exact) mass is 255 g/mol. The minimum absolute atomic E-state index is 0.117. The highest BCUT2D eigenvalue weighted by atomic mass is 16.7. The lowest BCUT2D eigenvalue weighted by molar-refractivity contribution is -0.132. The normalized spacial score (nSPS) is 11.3. The zero-order chi connectivity index (χ0) is 13.1. The van der Waals surface area contributed by atoms with Gasteiger partial charge in [-0.15, -0.1) is 0 Å². The molecule has 0 spiro atoms. The van der Waals surface area contributed by atoms with Crippen molar-refractivity contribution in [2.24, 2.45) is 0 Å². The Balaban J connectivity index is 1.96. The minimum Gasteiger partial charge on any atom is -0.352 e. The highest BCUT2D eigenvalue weighted by Gasteiger charge is 2.05. The third-order valence-electron chi connectivity index (χ3n) is 2.60. The Morgan fingerprint density at radius 2 is 2.00 bits per heavy atom. The summed E-state index contributed by atoms with van der Waals surface area (Å²) in [5.41, 5.74) is 0. The predicted octanol–water partition coefficient (Wildman–Crippen LogP) is 1.65. The number of rotatable bonds is 11. The Bertz CT molecular complexity index is 272. The molecule has 0 aliphatic carbocycles. The van der Waals surface area contributed by atoms with Gasteiger partial charge in [-0.3, -0.25) is 0 Å². The van der Waals surface area contributed by atoms with Crippen molar-refractivity contribution in [1.29, 1.82) is 0 Å². The van der Waals surface area contributed by atoms with Crippen LogP contribution in [-0.2, 0) is 16.0 Å². The Labute approximate surface area is 109 Å². The molecule has 1 heterocycles. The van der Waals surface area contributed by atoms with Gasteiger partial charge >= 0.3 is 0 Å². The first-order valence-corrected chi connectivity index (χ1v) is 6.76. The van der Waals surface area contributed by atoms with Crippen LogP contribution in [0, 0.1) is 0 Å². The van der Waals surface area contributed by atoms with Crippen LogP contribution in [-0.4, -0.2) is 42.1 Å². The van der Waals surface area contributed by atoms with E-state index < -0.39 is 0 Å². The van der Waals surface area contributed by atoms with E-state index in [4.69, 9.17) is 9.47 Å². The zero-order valence-corrected chi connectivity index (χ0v) is 11.5. The molecule has 104 valence electrons. The number of aryl methyl sites for hydroxylation is 1. The van der Waals surface area contributed by atoms with E-state index >= 15 is 0 Å². The first-order chi connectivity index (χ1) is 8.86. The van der Waals surface area contributed by atoms with Crippen LogP contribution < -0.4 is 5.32 Å². The van der Waals surface area contributed by atoms with Crippen molar-refractivity contribution in [3.8, 4) is 0 Å². The highest BCUT2D eigenvalue weighted by Crippen LogP contribution is 1.96. The topological polar surface area (TPSA) is 48.3 Å². The standard InChI is InChI=1S/C13H25N3O2/c1-3-17-13(18-4-2)11-14-7-5-6-9-16-10-8-15-12-16/h8,10,12-14H,3-7,9,11H2,1-2H3. The summed E-state index contributed by atoms with van der Waals surface area (Å²) in [5.74, 6) is 0. The molecular formula is C13H25N3O2. The van der Waals surface area contributed by atoms with Gasteiger partial charge in [0.05, 0.1) is 6.33 Å². The molecule has 0 bridgehead atoms. The van der Waals surface area contributed by atoms with Gasteiger partial charge in [0.25, 0.3) is 0 Å². The molecule has 1 rings (SSSR count). The van der Waals surface area contributed by atoms with Crippen LogP contribution in [0.5, 0.6) is 0 Å². The molecule has 5 nitrogen and oxygen atoms in total. The molecule has 0 saturated heterocycles. The molecular weight excluding hydrogens is 230 g/mol. The van der Waals surface area contributed by atoms with Gasteiger partial charge in [-0.1, -0.05) is 0 Å². The van der Waals surface area contributed by atoms with Crippen molar-refractivity contribution < 1.29 is 9.47 Å². The van der Waals surface area contributed by atoms with E-state index in [0.717, 1.165) is 32.5 Å². The molecule has 0 amide bonds. The molecule has 18 heavy (non-hydrogen) atoms. The Morgan fingerprint density at radius 3 is 2.61 bits per heavy atom. The summed E-state index contributed by atoms with van der Waals surface area (Å²) >= 11 is 0. The maximum atomic E-state index is 5.45. The lowest BCUT2D eigenvalue weighted by Gasteiger charge is -2.17. The summed E-state index contributed by atoms with van der Waals surface area (Å²) in [6, 6.07) is 0. The molecule has 5 heteroatoms. The number of unbranched alkanes of at least 4 members (excludes halogenated alkanes) is 1. The van der Waals surface area contributed by atoms with Gasteiger partial charge in [0, 0.05) is 38.7 Å². The average Bonchev–Trinajstić information content (AvgIpc) is 2.87. The third-order valence-corrected chi connectivity index (χ3v) is 2.60. The molecule has 1 N–H and O–H groups in total. The van der Waals surface area contributed by atoms with Gasteiger partial charge in [-0.2, -0.15) is 0 Å². The summed E-state index contributed by atoms with van der Waals surface area (Å²) in [5, 5.41) is 3.36. The maximum Gasteiger partial charge on any atom is 0.169 e. The van der Waals surface area contributed by atoms with Gasteiger partial charge in [-0.25, -0.2) is 4.98 Å². The number of imidazole rings is 1. The van der Waals surface area contributed by atoms with Gasteiger partial charge in [-0.05, 0) is 33.2 Å². The second-order valence-electron chi connectivity index (χ2n) is 4.05. The van der Waals surface area contributed by atoms with E-state index in [2.05, 4.69) is 14.9 Å². The smallest absolute Gasteiger partial charge is 0.169 e. The average molecular weight is 255 g/mol. The van der Waals surface area contributed by atoms with Gasteiger partial charge < -0.3 is 19.4 Å². The van der Waals surface area contributed by atoms with Crippen LogP contribution in [0.3, 0.4) is 0 Å². The number of nitrogens with zero attached hydrogens (tertiary/aromatic N) is 2. The van der Waals surface area contributed by atoms with E-state index in [-0.39, 0.29) is 6.29 Å². The van der Waals surface area contributed by atoms with E-state index in [1.165, 1.54) is 0 Å². The molecule has 0 unspecified atom stereocenters. The number of nitrogens with one attached hydrogen (secondary N) is 1. The summed E-state index contributed by atoms with van der Waals surface area (Å²) in [6.07, 6.45) is 7.84. The van der Waals surface area contributed by atoms with Crippen molar-refractivity contribution >= 4 is 0 Å². The quantitative estimate of drug-likeness (QED) is 0.482. The summed E-state index contributed by atoms with van der Waals surface area (Å²) in [4.78, 5) is 4.02. The Hall–Kier alpha value is -0.910. The second-order valence-corrected chi connectivity index (χ2v) is 4.05. The van der Waals surface area contributed by atoms with E-state index in [1.807, 2.05) is 32.6 Å². The van der Waals surface area contributed by atoms with Crippen LogP contribution in [0.2, 0.25) is 0 Å². The Morgan fingerprint density at radius 1 is 1.22 bits per heavy atom. The molecule has 0 aliphatic heterocycles. The molecule has 0 aliphatic rings. The molecule has 0 atom stereocenters. The first kappa shape index (κ1) is 15.1. The molecule has 0 fully saturated rings. The lowest BCUT2D eigenvalue weighted by atomic mass is 10.3. The van der Waals surface area contributed by atoms with Crippen molar-refractivity contribution in [3.05, 3.63) is 18.7 Å². The zero-order valence-electron chi connectivity index (χ0n) is 11.5. The van der Waals surface area contributed by atoms with E-state index in [1.54, 1.807) is 0 Å².